The van der Waals surface area contributed by atoms with Crippen LogP contribution in [0.15, 0.2) is 24.3 Å². The van der Waals surface area contributed by atoms with Crippen LogP contribution in [-0.4, -0.2) is 36.7 Å². The molecule has 0 saturated carbocycles. The number of aliphatic carboxylic acids is 1. The van der Waals surface area contributed by atoms with E-state index in [4.69, 9.17) is 14.6 Å². The second kappa shape index (κ2) is 8.26. The minimum Gasteiger partial charge on any atom is -0.494 e. The Kier molecular flexibility index (Phi) is 6.69. The topological polar surface area (TPSA) is 84.9 Å². The number of hydrogen-bond acceptors (Lipinski definition) is 4. The Morgan fingerprint density at radius 3 is 2.18 bits per heavy atom. The van der Waals surface area contributed by atoms with E-state index < -0.39 is 11.4 Å². The van der Waals surface area contributed by atoms with Crippen LogP contribution in [0.4, 0.5) is 0 Å². The molecule has 0 aliphatic rings. The van der Waals surface area contributed by atoms with Crippen LogP contribution in [0.1, 0.15) is 27.2 Å². The molecule has 22 heavy (non-hydrogen) atoms. The zero-order valence-electron chi connectivity index (χ0n) is 13.2. The molecule has 0 atom stereocenters. The van der Waals surface area contributed by atoms with E-state index in [1.165, 1.54) is 0 Å². The molecule has 2 N–H and O–H groups in total. The standard InChI is InChI=1S/C16H23NO5/c1-4-9-21-12-5-7-13(8-6-12)22-10-14(18)17-11-16(2,3)15(19)20/h5-8H,4,9-11H2,1-3H3,(H,17,18)(H,19,20). The van der Waals surface area contributed by atoms with Crippen LogP contribution >= 0.6 is 0 Å². The average molecular weight is 309 g/mol. The summed E-state index contributed by atoms with van der Waals surface area (Å²) in [7, 11) is 0. The van der Waals surface area contributed by atoms with Crippen molar-refractivity contribution in [3.63, 3.8) is 0 Å². The van der Waals surface area contributed by atoms with Crippen LogP contribution in [0.3, 0.4) is 0 Å². The van der Waals surface area contributed by atoms with Gasteiger partial charge in [-0.1, -0.05) is 6.92 Å². The van der Waals surface area contributed by atoms with Crippen LogP contribution < -0.4 is 14.8 Å². The van der Waals surface area contributed by atoms with Gasteiger partial charge in [-0.2, -0.15) is 0 Å². The fraction of sp³-hybridized carbons (Fsp3) is 0.500. The molecule has 0 heterocycles. The van der Waals surface area contributed by atoms with Crippen LogP contribution in [0.2, 0.25) is 0 Å². The van der Waals surface area contributed by atoms with Crippen molar-refractivity contribution in [2.45, 2.75) is 27.2 Å². The summed E-state index contributed by atoms with van der Waals surface area (Å²) in [5.41, 5.74) is -1.01. The van der Waals surface area contributed by atoms with Crippen molar-refractivity contribution in [3.05, 3.63) is 24.3 Å². The summed E-state index contributed by atoms with van der Waals surface area (Å²) in [5, 5.41) is 11.5. The van der Waals surface area contributed by atoms with E-state index >= 15 is 0 Å². The number of benzene rings is 1. The first-order valence-corrected chi connectivity index (χ1v) is 7.21. The molecule has 0 fully saturated rings. The lowest BCUT2D eigenvalue weighted by Gasteiger charge is -2.19. The first-order chi connectivity index (χ1) is 10.3. The lowest BCUT2D eigenvalue weighted by molar-refractivity contribution is -0.146. The minimum atomic E-state index is -1.01. The van der Waals surface area contributed by atoms with Crippen molar-refractivity contribution in [1.29, 1.82) is 0 Å². The number of carboxylic acids is 1. The van der Waals surface area contributed by atoms with Crippen LogP contribution in [-0.2, 0) is 9.59 Å². The molecule has 6 heteroatoms. The first-order valence-electron chi connectivity index (χ1n) is 7.21. The predicted octanol–water partition coefficient (Wildman–Crippen LogP) is 2.08. The number of nitrogens with one attached hydrogen (secondary N) is 1. The highest BCUT2D eigenvalue weighted by Gasteiger charge is 2.27. The Morgan fingerprint density at radius 2 is 1.68 bits per heavy atom. The second-order valence-electron chi connectivity index (χ2n) is 5.57. The third kappa shape index (κ3) is 6.03. The number of carboxylic acid groups (broad SMARTS) is 1. The molecule has 6 nitrogen and oxygen atoms in total. The maximum atomic E-state index is 11.6. The van der Waals surface area contributed by atoms with Gasteiger partial charge in [0.05, 0.1) is 12.0 Å². The third-order valence-corrected chi connectivity index (χ3v) is 2.97. The van der Waals surface area contributed by atoms with E-state index in [0.29, 0.717) is 12.4 Å². The van der Waals surface area contributed by atoms with E-state index in [1.54, 1.807) is 38.1 Å². The van der Waals surface area contributed by atoms with E-state index in [9.17, 15) is 9.59 Å². The summed E-state index contributed by atoms with van der Waals surface area (Å²) >= 11 is 0. The molecule has 1 amide bonds. The summed E-state index contributed by atoms with van der Waals surface area (Å²) in [6, 6.07) is 6.99. The van der Waals surface area contributed by atoms with E-state index in [1.807, 2.05) is 6.92 Å². The van der Waals surface area contributed by atoms with Gasteiger partial charge in [-0.25, -0.2) is 0 Å². The Morgan fingerprint density at radius 1 is 1.14 bits per heavy atom. The zero-order chi connectivity index (χ0) is 16.6. The molecule has 0 spiro atoms. The molecule has 1 aromatic rings. The Hall–Kier alpha value is -2.24. The number of rotatable bonds is 9. The average Bonchev–Trinajstić information content (AvgIpc) is 2.49. The van der Waals surface area contributed by atoms with E-state index in [2.05, 4.69) is 5.32 Å². The lowest BCUT2D eigenvalue weighted by atomic mass is 9.94. The van der Waals surface area contributed by atoms with Crippen molar-refractivity contribution >= 4 is 11.9 Å². The van der Waals surface area contributed by atoms with E-state index in [0.717, 1.165) is 12.2 Å². The van der Waals surface area contributed by atoms with Gasteiger partial charge in [0.2, 0.25) is 0 Å². The van der Waals surface area contributed by atoms with Crippen LogP contribution in [0, 0.1) is 5.41 Å². The molecule has 0 saturated heterocycles. The molecule has 0 aliphatic heterocycles. The van der Waals surface area contributed by atoms with Crippen LogP contribution in [0.25, 0.3) is 0 Å². The highest BCUT2D eigenvalue weighted by atomic mass is 16.5. The molecule has 1 rings (SSSR count). The first kappa shape index (κ1) is 17.8. The van der Waals surface area contributed by atoms with Crippen molar-refractivity contribution in [3.8, 4) is 11.5 Å². The summed E-state index contributed by atoms with van der Waals surface area (Å²) in [4.78, 5) is 22.6. The summed E-state index contributed by atoms with van der Waals surface area (Å²) in [6.07, 6.45) is 0.936. The molecule has 0 bridgehead atoms. The third-order valence-electron chi connectivity index (χ3n) is 2.97. The summed E-state index contributed by atoms with van der Waals surface area (Å²) < 4.78 is 10.8. The lowest BCUT2D eigenvalue weighted by Crippen LogP contribution is -2.40. The van der Waals surface area contributed by atoms with Gasteiger partial charge in [0.1, 0.15) is 11.5 Å². The van der Waals surface area contributed by atoms with Gasteiger partial charge in [0.25, 0.3) is 5.91 Å². The molecule has 1 aromatic carbocycles. The monoisotopic (exact) mass is 309 g/mol. The van der Waals surface area contributed by atoms with Crippen molar-refractivity contribution in [2.75, 3.05) is 19.8 Å². The van der Waals surface area contributed by atoms with Crippen LogP contribution in [0.5, 0.6) is 11.5 Å². The Balaban J connectivity index is 2.36. The highest BCUT2D eigenvalue weighted by molar-refractivity contribution is 5.79. The molecular formula is C16H23NO5. The predicted molar refractivity (Wildman–Crippen MR) is 82.1 cm³/mol. The minimum absolute atomic E-state index is 0.0499. The van der Waals surface area contributed by atoms with Gasteiger partial charge in [-0.15, -0.1) is 0 Å². The van der Waals surface area contributed by atoms with Gasteiger partial charge < -0.3 is 19.9 Å². The van der Waals surface area contributed by atoms with Crippen molar-refractivity contribution < 1.29 is 24.2 Å². The molecule has 0 radical (unpaired) electrons. The normalized spacial score (nSPS) is 10.9. The fourth-order valence-electron chi connectivity index (χ4n) is 1.45. The fourth-order valence-corrected chi connectivity index (χ4v) is 1.45. The maximum Gasteiger partial charge on any atom is 0.310 e. The highest BCUT2D eigenvalue weighted by Crippen LogP contribution is 2.17. The van der Waals surface area contributed by atoms with Crippen molar-refractivity contribution in [2.24, 2.45) is 5.41 Å². The maximum absolute atomic E-state index is 11.6. The van der Waals surface area contributed by atoms with Gasteiger partial charge in [0.15, 0.2) is 6.61 Å². The van der Waals surface area contributed by atoms with Crippen molar-refractivity contribution in [1.82, 2.24) is 5.32 Å². The second-order valence-corrected chi connectivity index (χ2v) is 5.57. The number of carbonyl (C=O) groups excluding carboxylic acids is 1. The quantitative estimate of drug-likeness (QED) is 0.729. The molecular weight excluding hydrogens is 286 g/mol. The SMILES string of the molecule is CCCOc1ccc(OCC(=O)NCC(C)(C)C(=O)O)cc1. The van der Waals surface area contributed by atoms with Gasteiger partial charge in [-0.3, -0.25) is 9.59 Å². The molecule has 0 aromatic heterocycles. The molecule has 122 valence electrons. The smallest absolute Gasteiger partial charge is 0.310 e. The molecule has 0 unspecified atom stereocenters. The van der Waals surface area contributed by atoms with Gasteiger partial charge in [0, 0.05) is 6.54 Å². The largest absolute Gasteiger partial charge is 0.494 e. The number of hydrogen-bond donors (Lipinski definition) is 2. The van der Waals surface area contributed by atoms with Gasteiger partial charge >= 0.3 is 5.97 Å². The Labute approximate surface area is 130 Å². The van der Waals surface area contributed by atoms with Gasteiger partial charge in [-0.05, 0) is 44.5 Å². The number of ether oxygens (including phenoxy) is 2. The number of carbonyl (C=O) groups is 2. The van der Waals surface area contributed by atoms with E-state index in [-0.39, 0.29) is 19.1 Å². The summed E-state index contributed by atoms with van der Waals surface area (Å²) in [6.45, 7) is 5.67. The zero-order valence-corrected chi connectivity index (χ0v) is 13.2. The summed E-state index contributed by atoms with van der Waals surface area (Å²) in [5.74, 6) is -0.0182. The molecule has 0 aliphatic carbocycles. The number of amides is 1. The Bertz CT molecular complexity index is 496.